The van der Waals surface area contributed by atoms with Gasteiger partial charge in [0.2, 0.25) is 0 Å². The first-order valence-corrected chi connectivity index (χ1v) is 8.05. The maximum atomic E-state index is 12.7. The number of ether oxygens (including phenoxy) is 2. The Hall–Kier alpha value is -1.91. The highest BCUT2D eigenvalue weighted by molar-refractivity contribution is 6.42. The van der Waals surface area contributed by atoms with Crippen LogP contribution in [0.25, 0.3) is 0 Å². The molecule has 0 unspecified atom stereocenters. The van der Waals surface area contributed by atoms with Crippen molar-refractivity contribution in [2.24, 2.45) is 0 Å². The van der Waals surface area contributed by atoms with Crippen molar-refractivity contribution in [3.8, 4) is 11.5 Å². The van der Waals surface area contributed by atoms with Gasteiger partial charge >= 0.3 is 0 Å². The van der Waals surface area contributed by atoms with E-state index in [4.69, 9.17) is 32.7 Å². The Morgan fingerprint density at radius 3 is 2.12 bits per heavy atom. The van der Waals surface area contributed by atoms with Crippen LogP contribution in [0, 0.1) is 6.92 Å². The van der Waals surface area contributed by atoms with Crippen molar-refractivity contribution >= 4 is 29.1 Å². The maximum absolute atomic E-state index is 12.7. The quantitative estimate of drug-likeness (QED) is 0.775. The van der Waals surface area contributed by atoms with Gasteiger partial charge in [-0.05, 0) is 36.8 Å². The topological polar surface area (TPSA) is 38.8 Å². The van der Waals surface area contributed by atoms with E-state index in [1.165, 1.54) is 0 Å². The smallest absolute Gasteiger partial charge is 0.254 e. The zero-order valence-electron chi connectivity index (χ0n) is 14.0. The van der Waals surface area contributed by atoms with Gasteiger partial charge in [0.05, 0.1) is 24.3 Å². The molecule has 0 saturated heterocycles. The molecule has 0 heterocycles. The summed E-state index contributed by atoms with van der Waals surface area (Å²) in [5, 5.41) is 0.955. The van der Waals surface area contributed by atoms with Crippen LogP contribution in [0.4, 0.5) is 0 Å². The SMILES string of the molecule is COc1cc(C(=O)N(C)Cc2ccc(Cl)c(Cl)c2)cc(OC)c1C. The first-order chi connectivity index (χ1) is 11.4. The van der Waals surface area contributed by atoms with E-state index in [2.05, 4.69) is 0 Å². The predicted octanol–water partition coefficient (Wildman–Crippen LogP) is 4.59. The van der Waals surface area contributed by atoms with E-state index in [0.717, 1.165) is 11.1 Å². The van der Waals surface area contributed by atoms with Gasteiger partial charge in [0.25, 0.3) is 5.91 Å². The summed E-state index contributed by atoms with van der Waals surface area (Å²) in [6.45, 7) is 2.29. The Balaban J connectivity index is 2.25. The third kappa shape index (κ3) is 3.94. The summed E-state index contributed by atoms with van der Waals surface area (Å²) < 4.78 is 10.6. The number of halogens is 2. The van der Waals surface area contributed by atoms with Crippen molar-refractivity contribution in [1.29, 1.82) is 0 Å². The Bertz CT molecular complexity index is 737. The fraction of sp³-hybridized carbons (Fsp3) is 0.278. The molecule has 0 saturated carbocycles. The minimum atomic E-state index is -0.141. The molecule has 0 bridgehead atoms. The molecule has 0 aliphatic carbocycles. The lowest BCUT2D eigenvalue weighted by molar-refractivity contribution is 0.0784. The second kappa shape index (κ2) is 7.77. The number of hydrogen-bond donors (Lipinski definition) is 0. The van der Waals surface area contributed by atoms with Gasteiger partial charge in [-0.25, -0.2) is 0 Å². The summed E-state index contributed by atoms with van der Waals surface area (Å²) >= 11 is 11.9. The highest BCUT2D eigenvalue weighted by atomic mass is 35.5. The number of amides is 1. The molecule has 6 heteroatoms. The fourth-order valence-corrected chi connectivity index (χ4v) is 2.73. The maximum Gasteiger partial charge on any atom is 0.254 e. The van der Waals surface area contributed by atoms with Gasteiger partial charge in [-0.1, -0.05) is 29.3 Å². The van der Waals surface area contributed by atoms with Gasteiger partial charge in [-0.2, -0.15) is 0 Å². The molecule has 128 valence electrons. The Morgan fingerprint density at radius 2 is 1.62 bits per heavy atom. The van der Waals surface area contributed by atoms with E-state index >= 15 is 0 Å². The van der Waals surface area contributed by atoms with Gasteiger partial charge in [0, 0.05) is 24.7 Å². The molecule has 2 rings (SSSR count). The second-order valence-corrected chi connectivity index (χ2v) is 6.23. The predicted molar refractivity (Wildman–Crippen MR) is 96.5 cm³/mol. The van der Waals surface area contributed by atoms with Crippen LogP contribution in [0.5, 0.6) is 11.5 Å². The summed E-state index contributed by atoms with van der Waals surface area (Å²) in [6.07, 6.45) is 0. The fourth-order valence-electron chi connectivity index (χ4n) is 2.41. The van der Waals surface area contributed by atoms with Crippen LogP contribution in [0.3, 0.4) is 0 Å². The van der Waals surface area contributed by atoms with Gasteiger partial charge < -0.3 is 14.4 Å². The lowest BCUT2D eigenvalue weighted by atomic mass is 10.1. The molecule has 0 atom stereocenters. The van der Waals surface area contributed by atoms with Crippen LogP contribution in [-0.2, 0) is 6.54 Å². The van der Waals surface area contributed by atoms with Gasteiger partial charge in [0.1, 0.15) is 11.5 Å². The van der Waals surface area contributed by atoms with Gasteiger partial charge in [-0.3, -0.25) is 4.79 Å². The Morgan fingerprint density at radius 1 is 1.04 bits per heavy atom. The van der Waals surface area contributed by atoms with Crippen molar-refractivity contribution in [2.75, 3.05) is 21.3 Å². The van der Waals surface area contributed by atoms with E-state index in [1.54, 1.807) is 50.4 Å². The van der Waals surface area contributed by atoms with Gasteiger partial charge in [0.15, 0.2) is 0 Å². The minimum Gasteiger partial charge on any atom is -0.496 e. The average molecular weight is 368 g/mol. The lowest BCUT2D eigenvalue weighted by Gasteiger charge is -2.19. The number of nitrogens with zero attached hydrogens (tertiary/aromatic N) is 1. The molecule has 4 nitrogen and oxygen atoms in total. The molecule has 0 aliphatic rings. The first kappa shape index (κ1) is 18.4. The second-order valence-electron chi connectivity index (χ2n) is 5.42. The number of carbonyl (C=O) groups is 1. The number of carbonyl (C=O) groups excluding carboxylic acids is 1. The van der Waals surface area contributed by atoms with Crippen molar-refractivity contribution < 1.29 is 14.3 Å². The van der Waals surface area contributed by atoms with Crippen molar-refractivity contribution in [1.82, 2.24) is 4.90 Å². The summed E-state index contributed by atoms with van der Waals surface area (Å²) in [5.41, 5.74) is 2.24. The molecular formula is C18H19Cl2NO3. The van der Waals surface area contributed by atoms with E-state index in [1.807, 2.05) is 13.0 Å². The van der Waals surface area contributed by atoms with E-state index in [0.29, 0.717) is 33.7 Å². The molecular weight excluding hydrogens is 349 g/mol. The highest BCUT2D eigenvalue weighted by Gasteiger charge is 2.17. The molecule has 2 aromatic carbocycles. The summed E-state index contributed by atoms with van der Waals surface area (Å²) in [6, 6.07) is 8.74. The minimum absolute atomic E-state index is 0.141. The summed E-state index contributed by atoms with van der Waals surface area (Å²) in [7, 11) is 4.86. The summed E-state index contributed by atoms with van der Waals surface area (Å²) in [4.78, 5) is 14.3. The molecule has 1 amide bonds. The van der Waals surface area contributed by atoms with Crippen LogP contribution in [0.2, 0.25) is 10.0 Å². The molecule has 0 fully saturated rings. The monoisotopic (exact) mass is 367 g/mol. The summed E-state index contributed by atoms with van der Waals surface area (Å²) in [5.74, 6) is 1.08. The van der Waals surface area contributed by atoms with Crippen LogP contribution in [0.15, 0.2) is 30.3 Å². The number of rotatable bonds is 5. The largest absolute Gasteiger partial charge is 0.496 e. The molecule has 0 aromatic heterocycles. The van der Waals surface area contributed by atoms with Crippen molar-refractivity contribution in [3.05, 3.63) is 57.1 Å². The number of methoxy groups -OCH3 is 2. The third-order valence-corrected chi connectivity index (χ3v) is 4.49. The van der Waals surface area contributed by atoms with Crippen molar-refractivity contribution in [2.45, 2.75) is 13.5 Å². The lowest BCUT2D eigenvalue weighted by Crippen LogP contribution is -2.26. The Kier molecular flexibility index (Phi) is 5.97. The zero-order valence-corrected chi connectivity index (χ0v) is 15.5. The standard InChI is InChI=1S/C18H19Cl2NO3/c1-11-16(23-3)8-13(9-17(11)24-4)18(22)21(2)10-12-5-6-14(19)15(20)7-12/h5-9H,10H2,1-4H3. The molecule has 2 aromatic rings. The average Bonchev–Trinajstić information content (AvgIpc) is 2.57. The number of benzene rings is 2. The normalized spacial score (nSPS) is 10.4. The van der Waals surface area contributed by atoms with E-state index in [9.17, 15) is 4.79 Å². The molecule has 0 spiro atoms. The van der Waals surface area contributed by atoms with Crippen LogP contribution >= 0.6 is 23.2 Å². The third-order valence-electron chi connectivity index (χ3n) is 3.75. The molecule has 0 radical (unpaired) electrons. The molecule has 0 aliphatic heterocycles. The van der Waals surface area contributed by atoms with Crippen LogP contribution in [-0.4, -0.2) is 32.1 Å². The van der Waals surface area contributed by atoms with E-state index < -0.39 is 0 Å². The van der Waals surface area contributed by atoms with Crippen LogP contribution < -0.4 is 9.47 Å². The number of hydrogen-bond acceptors (Lipinski definition) is 3. The zero-order chi connectivity index (χ0) is 17.9. The molecule has 0 N–H and O–H groups in total. The van der Waals surface area contributed by atoms with E-state index in [-0.39, 0.29) is 5.91 Å². The van der Waals surface area contributed by atoms with Gasteiger partial charge in [-0.15, -0.1) is 0 Å². The molecule has 24 heavy (non-hydrogen) atoms. The Labute approximate surface area is 151 Å². The van der Waals surface area contributed by atoms with Crippen LogP contribution in [0.1, 0.15) is 21.5 Å². The highest BCUT2D eigenvalue weighted by Crippen LogP contribution is 2.30. The van der Waals surface area contributed by atoms with Crippen molar-refractivity contribution in [3.63, 3.8) is 0 Å². The first-order valence-electron chi connectivity index (χ1n) is 7.29.